The molecule has 14 heavy (non-hydrogen) atoms. The van der Waals surface area contributed by atoms with Crippen molar-refractivity contribution in [3.63, 3.8) is 0 Å². The fraction of sp³-hybridized carbons (Fsp3) is 0.556. The summed E-state index contributed by atoms with van der Waals surface area (Å²) < 4.78 is 0. The van der Waals surface area contributed by atoms with Crippen molar-refractivity contribution in [1.82, 2.24) is 9.97 Å². The SMILES string of the molecule is CN(C)c1nccc(N2CC(N)C2)n1. The predicted molar refractivity (Wildman–Crippen MR) is 56.5 cm³/mol. The fourth-order valence-electron chi connectivity index (χ4n) is 1.43. The first-order valence-corrected chi connectivity index (χ1v) is 4.67. The van der Waals surface area contributed by atoms with Gasteiger partial charge in [-0.1, -0.05) is 0 Å². The minimum absolute atomic E-state index is 0.299. The second-order valence-electron chi connectivity index (χ2n) is 3.77. The van der Waals surface area contributed by atoms with E-state index in [9.17, 15) is 0 Å². The Hall–Kier alpha value is -1.36. The molecule has 0 spiro atoms. The Bertz CT molecular complexity index is 319. The molecule has 0 saturated carbocycles. The van der Waals surface area contributed by atoms with Gasteiger partial charge in [0.05, 0.1) is 0 Å². The first-order chi connectivity index (χ1) is 6.66. The zero-order valence-electron chi connectivity index (χ0n) is 8.51. The van der Waals surface area contributed by atoms with Crippen LogP contribution < -0.4 is 15.5 Å². The van der Waals surface area contributed by atoms with E-state index in [1.165, 1.54) is 0 Å². The molecule has 0 radical (unpaired) electrons. The lowest BCUT2D eigenvalue weighted by atomic mass is 10.1. The van der Waals surface area contributed by atoms with Gasteiger partial charge in [0.1, 0.15) is 5.82 Å². The lowest BCUT2D eigenvalue weighted by Crippen LogP contribution is -2.56. The third-order valence-corrected chi connectivity index (χ3v) is 2.26. The Morgan fingerprint density at radius 1 is 1.50 bits per heavy atom. The summed E-state index contributed by atoms with van der Waals surface area (Å²) in [6.07, 6.45) is 1.78. The highest BCUT2D eigenvalue weighted by Crippen LogP contribution is 2.18. The molecule has 1 aliphatic rings. The molecule has 0 bridgehead atoms. The highest BCUT2D eigenvalue weighted by atomic mass is 15.3. The maximum atomic E-state index is 5.71. The van der Waals surface area contributed by atoms with Gasteiger partial charge in [-0.15, -0.1) is 0 Å². The van der Waals surface area contributed by atoms with Crippen LogP contribution in [-0.4, -0.2) is 43.2 Å². The average Bonchev–Trinajstić information content (AvgIpc) is 2.13. The normalized spacial score (nSPS) is 16.6. The second kappa shape index (κ2) is 3.42. The third-order valence-electron chi connectivity index (χ3n) is 2.26. The van der Waals surface area contributed by atoms with Crippen LogP contribution in [0.3, 0.4) is 0 Å². The summed E-state index contributed by atoms with van der Waals surface area (Å²) in [6.45, 7) is 1.79. The molecule has 0 atom stereocenters. The lowest BCUT2D eigenvalue weighted by Gasteiger charge is -2.37. The molecule has 0 unspecified atom stereocenters. The smallest absolute Gasteiger partial charge is 0.226 e. The molecule has 0 amide bonds. The minimum Gasteiger partial charge on any atom is -0.353 e. The molecule has 2 rings (SSSR count). The van der Waals surface area contributed by atoms with Crippen molar-refractivity contribution in [1.29, 1.82) is 0 Å². The summed E-state index contributed by atoms with van der Waals surface area (Å²) in [5, 5.41) is 0. The molecule has 1 aromatic rings. The standard InChI is InChI=1S/C9H15N5/c1-13(2)9-11-4-3-8(12-9)14-5-7(10)6-14/h3-4,7H,5-6,10H2,1-2H3. The van der Waals surface area contributed by atoms with Gasteiger partial charge in [-0.2, -0.15) is 4.98 Å². The van der Waals surface area contributed by atoms with Crippen LogP contribution in [0.2, 0.25) is 0 Å². The Morgan fingerprint density at radius 3 is 2.79 bits per heavy atom. The van der Waals surface area contributed by atoms with Gasteiger partial charge in [-0.25, -0.2) is 4.98 Å². The molecule has 1 saturated heterocycles. The van der Waals surface area contributed by atoms with Crippen LogP contribution in [0.15, 0.2) is 12.3 Å². The quantitative estimate of drug-likeness (QED) is 0.698. The molecule has 2 N–H and O–H groups in total. The second-order valence-corrected chi connectivity index (χ2v) is 3.77. The summed E-state index contributed by atoms with van der Waals surface area (Å²) in [5.41, 5.74) is 5.71. The van der Waals surface area contributed by atoms with Crippen molar-refractivity contribution in [3.8, 4) is 0 Å². The number of hydrogen-bond donors (Lipinski definition) is 1. The van der Waals surface area contributed by atoms with E-state index < -0.39 is 0 Å². The van der Waals surface area contributed by atoms with Crippen molar-refractivity contribution in [3.05, 3.63) is 12.3 Å². The highest BCUT2D eigenvalue weighted by molar-refractivity contribution is 5.45. The molecule has 2 heterocycles. The van der Waals surface area contributed by atoms with Crippen molar-refractivity contribution in [2.75, 3.05) is 37.0 Å². The summed E-state index contributed by atoms with van der Waals surface area (Å²) in [6, 6.07) is 2.21. The van der Waals surface area contributed by atoms with E-state index in [1.807, 2.05) is 25.1 Å². The van der Waals surface area contributed by atoms with E-state index >= 15 is 0 Å². The third kappa shape index (κ3) is 1.63. The van der Waals surface area contributed by atoms with E-state index in [2.05, 4.69) is 14.9 Å². The van der Waals surface area contributed by atoms with Gasteiger partial charge in [0.25, 0.3) is 0 Å². The van der Waals surface area contributed by atoms with E-state index in [0.29, 0.717) is 6.04 Å². The van der Waals surface area contributed by atoms with Crippen molar-refractivity contribution in [2.24, 2.45) is 5.73 Å². The van der Waals surface area contributed by atoms with Crippen LogP contribution in [0, 0.1) is 0 Å². The zero-order valence-corrected chi connectivity index (χ0v) is 8.51. The molecule has 5 heteroatoms. The van der Waals surface area contributed by atoms with Gasteiger partial charge >= 0.3 is 0 Å². The maximum absolute atomic E-state index is 5.71. The van der Waals surface area contributed by atoms with Gasteiger partial charge in [-0.3, -0.25) is 0 Å². The van der Waals surface area contributed by atoms with Crippen LogP contribution in [0.25, 0.3) is 0 Å². The predicted octanol–water partition coefficient (Wildman–Crippen LogP) is -0.310. The van der Waals surface area contributed by atoms with E-state index in [-0.39, 0.29) is 0 Å². The minimum atomic E-state index is 0.299. The van der Waals surface area contributed by atoms with Crippen LogP contribution in [0.5, 0.6) is 0 Å². The van der Waals surface area contributed by atoms with Gasteiger partial charge < -0.3 is 15.5 Å². The highest BCUT2D eigenvalue weighted by Gasteiger charge is 2.24. The Balaban J connectivity index is 2.14. The molecular formula is C9H15N5. The maximum Gasteiger partial charge on any atom is 0.226 e. The van der Waals surface area contributed by atoms with Crippen LogP contribution in [-0.2, 0) is 0 Å². The van der Waals surface area contributed by atoms with Crippen LogP contribution >= 0.6 is 0 Å². The van der Waals surface area contributed by atoms with Gasteiger partial charge in [0.2, 0.25) is 5.95 Å². The van der Waals surface area contributed by atoms with Gasteiger partial charge in [0.15, 0.2) is 0 Å². The van der Waals surface area contributed by atoms with E-state index in [4.69, 9.17) is 5.73 Å². The first kappa shape index (κ1) is 9.21. The Kier molecular flexibility index (Phi) is 2.25. The van der Waals surface area contributed by atoms with Crippen LogP contribution in [0.1, 0.15) is 0 Å². The summed E-state index contributed by atoms with van der Waals surface area (Å²) >= 11 is 0. The van der Waals surface area contributed by atoms with Crippen molar-refractivity contribution < 1.29 is 0 Å². The van der Waals surface area contributed by atoms with Gasteiger partial charge in [-0.05, 0) is 6.07 Å². The van der Waals surface area contributed by atoms with E-state index in [0.717, 1.165) is 24.9 Å². The molecule has 1 aliphatic heterocycles. The molecule has 5 nitrogen and oxygen atoms in total. The first-order valence-electron chi connectivity index (χ1n) is 4.67. The molecule has 1 aromatic heterocycles. The summed E-state index contributed by atoms with van der Waals surface area (Å²) in [5.74, 6) is 1.70. The number of anilines is 2. The molecular weight excluding hydrogens is 178 g/mol. The fourth-order valence-corrected chi connectivity index (χ4v) is 1.43. The topological polar surface area (TPSA) is 58.3 Å². The number of nitrogens with two attached hydrogens (primary N) is 1. The molecule has 1 fully saturated rings. The molecule has 76 valence electrons. The molecule has 0 aromatic carbocycles. The largest absolute Gasteiger partial charge is 0.353 e. The van der Waals surface area contributed by atoms with Crippen molar-refractivity contribution >= 4 is 11.8 Å². The van der Waals surface area contributed by atoms with Crippen molar-refractivity contribution in [2.45, 2.75) is 6.04 Å². The molecule has 0 aliphatic carbocycles. The van der Waals surface area contributed by atoms with Crippen LogP contribution in [0.4, 0.5) is 11.8 Å². The summed E-state index contributed by atoms with van der Waals surface area (Å²) in [7, 11) is 3.86. The van der Waals surface area contributed by atoms with E-state index in [1.54, 1.807) is 6.20 Å². The van der Waals surface area contributed by atoms with Gasteiger partial charge in [0, 0.05) is 39.4 Å². The summed E-state index contributed by atoms with van der Waals surface area (Å²) in [4.78, 5) is 12.6. The Morgan fingerprint density at radius 2 is 2.21 bits per heavy atom. The monoisotopic (exact) mass is 193 g/mol. The lowest BCUT2D eigenvalue weighted by molar-refractivity contribution is 0.514. The Labute approximate surface area is 83.5 Å². The number of aromatic nitrogens is 2. The number of rotatable bonds is 2. The zero-order chi connectivity index (χ0) is 10.1. The average molecular weight is 193 g/mol. The number of hydrogen-bond acceptors (Lipinski definition) is 5. The number of nitrogens with zero attached hydrogens (tertiary/aromatic N) is 4.